The van der Waals surface area contributed by atoms with E-state index in [0.717, 1.165) is 0 Å². The van der Waals surface area contributed by atoms with E-state index in [-0.39, 0.29) is 65.3 Å². The Kier molecular flexibility index (Phi) is 4.95. The highest BCUT2D eigenvalue weighted by molar-refractivity contribution is 6.37. The lowest BCUT2D eigenvalue weighted by molar-refractivity contribution is 0.0223. The van der Waals surface area contributed by atoms with Gasteiger partial charge in [-0.25, -0.2) is 4.79 Å². The normalized spacial score (nSPS) is 14.8. The molecule has 0 bridgehead atoms. The van der Waals surface area contributed by atoms with Crippen LogP contribution >= 0.6 is 46.4 Å². The van der Waals surface area contributed by atoms with Crippen molar-refractivity contribution in [3.8, 4) is 34.5 Å². The summed E-state index contributed by atoms with van der Waals surface area (Å²) in [5.74, 6) is -1.76. The van der Waals surface area contributed by atoms with Gasteiger partial charge >= 0.3 is 5.97 Å². The average Bonchev–Trinajstić information content (AvgIpc) is 3.11. The first kappa shape index (κ1) is 22.1. The van der Waals surface area contributed by atoms with Crippen molar-refractivity contribution in [2.75, 3.05) is 14.2 Å². The average molecular weight is 530 g/mol. The molecule has 3 aromatic carbocycles. The minimum Gasteiger partial charge on any atom is -0.503 e. The third kappa shape index (κ3) is 2.74. The zero-order valence-corrected chi connectivity index (χ0v) is 19.8. The number of methoxy groups -OCH3 is 2. The Morgan fingerprint density at radius 1 is 0.848 bits per heavy atom. The summed E-state index contributed by atoms with van der Waals surface area (Å²) in [5, 5.41) is 20.8. The molecule has 33 heavy (non-hydrogen) atoms. The fourth-order valence-electron chi connectivity index (χ4n) is 4.19. The first-order valence-corrected chi connectivity index (χ1v) is 10.8. The van der Waals surface area contributed by atoms with Crippen molar-refractivity contribution in [3.63, 3.8) is 0 Å². The van der Waals surface area contributed by atoms with Crippen LogP contribution < -0.4 is 14.2 Å². The number of fused-ring (bicyclic) bond motifs is 6. The molecule has 2 aliphatic rings. The van der Waals surface area contributed by atoms with E-state index in [4.69, 9.17) is 65.4 Å². The molecule has 0 saturated heterocycles. The van der Waals surface area contributed by atoms with Gasteiger partial charge in [0.25, 0.3) is 0 Å². The number of benzene rings is 3. The molecular weight excluding hydrogens is 518 g/mol. The van der Waals surface area contributed by atoms with Crippen molar-refractivity contribution in [1.29, 1.82) is 0 Å². The summed E-state index contributed by atoms with van der Waals surface area (Å²) >= 11 is 25.8. The molecule has 2 aliphatic heterocycles. The summed E-state index contributed by atoms with van der Waals surface area (Å²) in [5.41, 5.74) is -1.15. The van der Waals surface area contributed by atoms with Crippen LogP contribution in [-0.4, -0.2) is 30.4 Å². The van der Waals surface area contributed by atoms with Crippen molar-refractivity contribution in [2.24, 2.45) is 0 Å². The van der Waals surface area contributed by atoms with Crippen molar-refractivity contribution in [1.82, 2.24) is 0 Å². The number of carbonyl (C=O) groups excluding carboxylic acids is 1. The van der Waals surface area contributed by atoms with Crippen LogP contribution in [0.2, 0.25) is 20.1 Å². The van der Waals surface area contributed by atoms with Crippen molar-refractivity contribution in [3.05, 3.63) is 66.6 Å². The molecule has 0 atom stereocenters. The maximum atomic E-state index is 13.1. The van der Waals surface area contributed by atoms with Gasteiger partial charge in [-0.15, -0.1) is 0 Å². The summed E-state index contributed by atoms with van der Waals surface area (Å²) in [6, 6.07) is 5.80. The number of aromatic hydroxyl groups is 2. The highest BCUT2D eigenvalue weighted by atomic mass is 35.5. The van der Waals surface area contributed by atoms with E-state index in [9.17, 15) is 15.0 Å². The Bertz CT molecular complexity index is 1320. The van der Waals surface area contributed by atoms with Crippen LogP contribution in [0, 0.1) is 0 Å². The van der Waals surface area contributed by atoms with Gasteiger partial charge in [0, 0.05) is 10.6 Å². The summed E-state index contributed by atoms with van der Waals surface area (Å²) in [6.45, 7) is 0. The fraction of sp³-hybridized carbons (Fsp3) is 0.136. The van der Waals surface area contributed by atoms with Gasteiger partial charge in [0.15, 0.2) is 40.1 Å². The number of ether oxygens (including phenoxy) is 4. The molecule has 5 rings (SSSR count). The van der Waals surface area contributed by atoms with Gasteiger partial charge in [-0.3, -0.25) is 0 Å². The number of hydrogen-bond donors (Lipinski definition) is 2. The molecule has 2 N–H and O–H groups in total. The second-order valence-corrected chi connectivity index (χ2v) is 8.76. The minimum absolute atomic E-state index is 0.00957. The lowest BCUT2D eigenvalue weighted by Gasteiger charge is -2.38. The van der Waals surface area contributed by atoms with Gasteiger partial charge in [-0.1, -0.05) is 46.4 Å². The molecule has 1 spiro atoms. The van der Waals surface area contributed by atoms with Gasteiger partial charge in [0.2, 0.25) is 0 Å². The van der Waals surface area contributed by atoms with Crippen molar-refractivity contribution < 1.29 is 34.0 Å². The Hall–Kier alpha value is -2.71. The highest BCUT2D eigenvalue weighted by Gasteiger charge is 2.57. The van der Waals surface area contributed by atoms with Crippen LogP contribution in [0.3, 0.4) is 0 Å². The summed E-state index contributed by atoms with van der Waals surface area (Å²) in [4.78, 5) is 13.1. The molecule has 3 aromatic rings. The van der Waals surface area contributed by atoms with Crippen LogP contribution in [0.1, 0.15) is 27.0 Å². The first-order chi connectivity index (χ1) is 15.7. The lowest BCUT2D eigenvalue weighted by Crippen LogP contribution is -2.33. The van der Waals surface area contributed by atoms with Gasteiger partial charge in [-0.05, 0) is 24.3 Å². The lowest BCUT2D eigenvalue weighted by atomic mass is 9.77. The van der Waals surface area contributed by atoms with E-state index >= 15 is 0 Å². The predicted molar refractivity (Wildman–Crippen MR) is 121 cm³/mol. The molecule has 0 unspecified atom stereocenters. The number of hydrogen-bond acceptors (Lipinski definition) is 7. The van der Waals surface area contributed by atoms with E-state index in [1.807, 2.05) is 0 Å². The largest absolute Gasteiger partial charge is 0.503 e. The van der Waals surface area contributed by atoms with Crippen LogP contribution in [-0.2, 0) is 10.3 Å². The molecule has 7 nitrogen and oxygen atoms in total. The second-order valence-electron chi connectivity index (χ2n) is 7.19. The SMILES string of the molecule is COc1cc2c(c(Cl)c1O)Oc1c(cc(OC)c(O)c1Cl)C21OC(=O)c2c(Cl)ccc(Cl)c21. The summed E-state index contributed by atoms with van der Waals surface area (Å²) in [6.07, 6.45) is 0. The third-order valence-electron chi connectivity index (χ3n) is 5.63. The minimum atomic E-state index is -1.77. The van der Waals surface area contributed by atoms with Crippen molar-refractivity contribution >= 4 is 52.4 Å². The van der Waals surface area contributed by atoms with Crippen LogP contribution in [0.25, 0.3) is 0 Å². The molecule has 0 radical (unpaired) electrons. The molecule has 0 saturated carbocycles. The standard InChI is InChI=1S/C22H12Cl4O7/c1-30-11-5-7-19(15(25)17(11)27)32-20-8(6-12(31-2)18(28)16(20)26)22(7)14-10(24)4-3-9(23)13(14)21(29)33-22/h3-6,27-28H,1-2H3. The van der Waals surface area contributed by atoms with Gasteiger partial charge in [0.05, 0.1) is 35.9 Å². The summed E-state index contributed by atoms with van der Waals surface area (Å²) < 4.78 is 22.4. The molecule has 0 amide bonds. The molecule has 2 heterocycles. The highest BCUT2D eigenvalue weighted by Crippen LogP contribution is 2.64. The Morgan fingerprint density at radius 3 is 1.82 bits per heavy atom. The van der Waals surface area contributed by atoms with Crippen LogP contribution in [0.4, 0.5) is 0 Å². The molecule has 0 aromatic heterocycles. The number of carbonyl (C=O) groups is 1. The summed E-state index contributed by atoms with van der Waals surface area (Å²) in [7, 11) is 2.66. The molecule has 170 valence electrons. The topological polar surface area (TPSA) is 94.5 Å². The monoisotopic (exact) mass is 528 g/mol. The zero-order valence-electron chi connectivity index (χ0n) is 16.8. The van der Waals surface area contributed by atoms with Crippen molar-refractivity contribution in [2.45, 2.75) is 5.60 Å². The number of rotatable bonds is 2. The second kappa shape index (κ2) is 7.40. The van der Waals surface area contributed by atoms with Gasteiger partial charge in [-0.2, -0.15) is 0 Å². The quantitative estimate of drug-likeness (QED) is 0.376. The maximum absolute atomic E-state index is 13.1. The van der Waals surface area contributed by atoms with E-state index in [1.54, 1.807) is 0 Å². The number of phenols is 2. The first-order valence-electron chi connectivity index (χ1n) is 9.26. The Morgan fingerprint density at radius 2 is 1.33 bits per heavy atom. The van der Waals surface area contributed by atoms with E-state index < -0.39 is 23.1 Å². The molecular formula is C22H12Cl4O7. The Balaban J connectivity index is 2.02. The van der Waals surface area contributed by atoms with Crippen LogP contribution in [0.5, 0.6) is 34.5 Å². The predicted octanol–water partition coefficient (Wildman–Crippen LogP) is 6.30. The number of phenolic OH excluding ortho intramolecular Hbond substituents is 2. The fourth-order valence-corrected chi connectivity index (χ4v) is 5.19. The zero-order chi connectivity index (χ0) is 23.8. The maximum Gasteiger partial charge on any atom is 0.341 e. The molecule has 0 fully saturated rings. The number of halogens is 4. The Labute approximate surface area is 206 Å². The van der Waals surface area contributed by atoms with Gasteiger partial charge in [0.1, 0.15) is 10.0 Å². The van der Waals surface area contributed by atoms with E-state index in [0.29, 0.717) is 0 Å². The molecule has 11 heteroatoms. The van der Waals surface area contributed by atoms with E-state index in [1.165, 1.54) is 38.5 Å². The van der Waals surface area contributed by atoms with Crippen LogP contribution in [0.15, 0.2) is 24.3 Å². The third-order valence-corrected chi connectivity index (χ3v) is 6.96. The smallest absolute Gasteiger partial charge is 0.341 e. The molecule has 0 aliphatic carbocycles. The van der Waals surface area contributed by atoms with Gasteiger partial charge < -0.3 is 29.2 Å². The number of esters is 1. The van der Waals surface area contributed by atoms with E-state index in [2.05, 4.69) is 0 Å².